The van der Waals surface area contributed by atoms with Gasteiger partial charge in [-0.1, -0.05) is 36.4 Å². The first-order valence-electron chi connectivity index (χ1n) is 6.90. The van der Waals surface area contributed by atoms with E-state index in [2.05, 4.69) is 10.3 Å². The molecule has 4 heteroatoms. The van der Waals surface area contributed by atoms with Crippen molar-refractivity contribution in [2.45, 2.75) is 12.5 Å². The Morgan fingerprint density at radius 3 is 2.71 bits per heavy atom. The molecule has 0 saturated carbocycles. The van der Waals surface area contributed by atoms with E-state index < -0.39 is 6.04 Å². The number of nitrogens with two attached hydrogens (primary N) is 1. The van der Waals surface area contributed by atoms with Crippen molar-refractivity contribution in [3.63, 3.8) is 0 Å². The van der Waals surface area contributed by atoms with E-state index in [1.165, 1.54) is 0 Å². The molecule has 0 bridgehead atoms. The monoisotopic (exact) mass is 279 g/mol. The molecule has 0 spiro atoms. The maximum absolute atomic E-state index is 12.2. The standard InChI is InChI=1S/C17H17N3O/c18-14(11-12-5-2-1-3-6-12)17(21)20-16-8-4-7-15-13(16)9-10-19-15/h1-10,14,19H,11,18H2,(H,20,21). The summed E-state index contributed by atoms with van der Waals surface area (Å²) in [6.45, 7) is 0. The number of aromatic amines is 1. The van der Waals surface area contributed by atoms with Gasteiger partial charge in [-0.2, -0.15) is 0 Å². The van der Waals surface area contributed by atoms with Gasteiger partial charge in [-0.15, -0.1) is 0 Å². The Morgan fingerprint density at radius 2 is 1.90 bits per heavy atom. The summed E-state index contributed by atoms with van der Waals surface area (Å²) in [4.78, 5) is 15.4. The number of rotatable bonds is 4. The SMILES string of the molecule is NC(Cc1ccccc1)C(=O)Nc1cccc2[nH]ccc12. The number of anilines is 1. The van der Waals surface area contributed by atoms with Crippen LogP contribution in [0.1, 0.15) is 5.56 Å². The Bertz CT molecular complexity index is 749. The van der Waals surface area contributed by atoms with Crippen LogP contribution in [0.25, 0.3) is 10.9 Å². The van der Waals surface area contributed by atoms with Crippen LogP contribution in [0.15, 0.2) is 60.8 Å². The zero-order valence-corrected chi connectivity index (χ0v) is 11.5. The fraction of sp³-hybridized carbons (Fsp3) is 0.118. The van der Waals surface area contributed by atoms with Crippen LogP contribution in [0.3, 0.4) is 0 Å². The number of hydrogen-bond acceptors (Lipinski definition) is 2. The third-order valence-corrected chi connectivity index (χ3v) is 3.49. The van der Waals surface area contributed by atoms with Gasteiger partial charge in [0.1, 0.15) is 0 Å². The highest BCUT2D eigenvalue weighted by Crippen LogP contribution is 2.22. The largest absolute Gasteiger partial charge is 0.361 e. The van der Waals surface area contributed by atoms with Gasteiger partial charge in [0.25, 0.3) is 0 Å². The molecule has 0 fully saturated rings. The molecule has 0 aliphatic carbocycles. The number of carbonyl (C=O) groups is 1. The quantitative estimate of drug-likeness (QED) is 0.687. The molecule has 0 aliphatic heterocycles. The average molecular weight is 279 g/mol. The number of fused-ring (bicyclic) bond motifs is 1. The lowest BCUT2D eigenvalue weighted by molar-refractivity contribution is -0.117. The Hall–Kier alpha value is -2.59. The maximum atomic E-state index is 12.2. The van der Waals surface area contributed by atoms with Crippen LogP contribution >= 0.6 is 0 Å². The molecule has 0 radical (unpaired) electrons. The zero-order valence-electron chi connectivity index (χ0n) is 11.5. The Balaban J connectivity index is 1.72. The van der Waals surface area contributed by atoms with Crippen molar-refractivity contribution < 1.29 is 4.79 Å². The summed E-state index contributed by atoms with van der Waals surface area (Å²) in [7, 11) is 0. The van der Waals surface area contributed by atoms with Crippen LogP contribution in [0.2, 0.25) is 0 Å². The Labute approximate surface area is 123 Å². The zero-order chi connectivity index (χ0) is 14.7. The lowest BCUT2D eigenvalue weighted by Crippen LogP contribution is -2.37. The molecule has 0 saturated heterocycles. The van der Waals surface area contributed by atoms with Gasteiger partial charge >= 0.3 is 0 Å². The van der Waals surface area contributed by atoms with Crippen LogP contribution in [0, 0.1) is 0 Å². The van der Waals surface area contributed by atoms with Gasteiger partial charge in [0, 0.05) is 17.1 Å². The van der Waals surface area contributed by atoms with Gasteiger partial charge in [0.05, 0.1) is 11.7 Å². The van der Waals surface area contributed by atoms with Crippen molar-refractivity contribution in [3.8, 4) is 0 Å². The Morgan fingerprint density at radius 1 is 1.10 bits per heavy atom. The van der Waals surface area contributed by atoms with E-state index >= 15 is 0 Å². The number of nitrogens with one attached hydrogen (secondary N) is 2. The van der Waals surface area contributed by atoms with Gasteiger partial charge in [0.15, 0.2) is 0 Å². The molecule has 1 heterocycles. The van der Waals surface area contributed by atoms with Crippen LogP contribution in [0.5, 0.6) is 0 Å². The minimum absolute atomic E-state index is 0.174. The first-order chi connectivity index (χ1) is 10.2. The molecule has 4 N–H and O–H groups in total. The smallest absolute Gasteiger partial charge is 0.241 e. The summed E-state index contributed by atoms with van der Waals surface area (Å²) in [6, 6.07) is 16.9. The molecule has 3 rings (SSSR count). The van der Waals surface area contributed by atoms with Crippen molar-refractivity contribution in [2.75, 3.05) is 5.32 Å². The first kappa shape index (κ1) is 13.4. The molecule has 4 nitrogen and oxygen atoms in total. The molecule has 2 aromatic carbocycles. The third-order valence-electron chi connectivity index (χ3n) is 3.49. The first-order valence-corrected chi connectivity index (χ1v) is 6.90. The Kier molecular flexibility index (Phi) is 3.71. The molecule has 0 aliphatic rings. The fourth-order valence-electron chi connectivity index (χ4n) is 2.38. The number of aromatic nitrogens is 1. The van der Waals surface area contributed by atoms with E-state index in [0.717, 1.165) is 22.2 Å². The van der Waals surface area contributed by atoms with Gasteiger partial charge in [-0.25, -0.2) is 0 Å². The molecular weight excluding hydrogens is 262 g/mol. The maximum Gasteiger partial charge on any atom is 0.241 e. The minimum Gasteiger partial charge on any atom is -0.361 e. The van der Waals surface area contributed by atoms with Gasteiger partial charge < -0.3 is 16.0 Å². The van der Waals surface area contributed by atoms with E-state index in [1.54, 1.807) is 0 Å². The van der Waals surface area contributed by atoms with Crippen LogP contribution in [-0.4, -0.2) is 16.9 Å². The summed E-state index contributed by atoms with van der Waals surface area (Å²) in [5.74, 6) is -0.174. The highest BCUT2D eigenvalue weighted by Gasteiger charge is 2.15. The molecule has 1 unspecified atom stereocenters. The average Bonchev–Trinajstić information content (AvgIpc) is 2.98. The highest BCUT2D eigenvalue weighted by atomic mass is 16.2. The molecule has 3 aromatic rings. The number of benzene rings is 2. The van der Waals surface area contributed by atoms with E-state index in [-0.39, 0.29) is 5.91 Å². The summed E-state index contributed by atoms with van der Waals surface area (Å²) >= 11 is 0. The molecule has 1 amide bonds. The van der Waals surface area contributed by atoms with E-state index in [1.807, 2.05) is 60.8 Å². The summed E-state index contributed by atoms with van der Waals surface area (Å²) in [6.07, 6.45) is 2.38. The molecule has 1 atom stereocenters. The highest BCUT2D eigenvalue weighted by molar-refractivity contribution is 6.03. The van der Waals surface area contributed by atoms with Crippen LogP contribution in [0.4, 0.5) is 5.69 Å². The third kappa shape index (κ3) is 2.95. The fourth-order valence-corrected chi connectivity index (χ4v) is 2.38. The van der Waals surface area contributed by atoms with Crippen LogP contribution in [-0.2, 0) is 11.2 Å². The number of carbonyl (C=O) groups excluding carboxylic acids is 1. The van der Waals surface area contributed by atoms with Gasteiger partial charge in [0.2, 0.25) is 5.91 Å². The van der Waals surface area contributed by atoms with Crippen molar-refractivity contribution >= 4 is 22.5 Å². The van der Waals surface area contributed by atoms with Gasteiger partial charge in [-0.05, 0) is 30.2 Å². The number of amides is 1. The second-order valence-corrected chi connectivity index (χ2v) is 5.03. The van der Waals surface area contributed by atoms with E-state index in [9.17, 15) is 4.79 Å². The van der Waals surface area contributed by atoms with Crippen molar-refractivity contribution in [1.29, 1.82) is 0 Å². The van der Waals surface area contributed by atoms with Crippen molar-refractivity contribution in [2.24, 2.45) is 5.73 Å². The number of H-pyrrole nitrogens is 1. The second kappa shape index (κ2) is 5.81. The normalized spacial score (nSPS) is 12.2. The number of hydrogen-bond donors (Lipinski definition) is 3. The van der Waals surface area contributed by atoms with Gasteiger partial charge in [-0.3, -0.25) is 4.79 Å². The predicted octanol–water partition coefficient (Wildman–Crippen LogP) is 2.68. The van der Waals surface area contributed by atoms with Crippen molar-refractivity contribution in [1.82, 2.24) is 4.98 Å². The summed E-state index contributed by atoms with van der Waals surface area (Å²) in [5, 5.41) is 3.89. The van der Waals surface area contributed by atoms with E-state index in [4.69, 9.17) is 5.73 Å². The molecular formula is C17H17N3O. The minimum atomic E-state index is -0.568. The topological polar surface area (TPSA) is 70.9 Å². The lowest BCUT2D eigenvalue weighted by atomic mass is 10.1. The molecule has 106 valence electrons. The van der Waals surface area contributed by atoms with Crippen LogP contribution < -0.4 is 11.1 Å². The lowest BCUT2D eigenvalue weighted by Gasteiger charge is -2.13. The predicted molar refractivity (Wildman–Crippen MR) is 85.0 cm³/mol. The molecule has 21 heavy (non-hydrogen) atoms. The summed E-state index contributed by atoms with van der Waals surface area (Å²) < 4.78 is 0. The molecule has 1 aromatic heterocycles. The summed E-state index contributed by atoms with van der Waals surface area (Å²) in [5.41, 5.74) is 8.82. The van der Waals surface area contributed by atoms with E-state index in [0.29, 0.717) is 6.42 Å². The van der Waals surface area contributed by atoms with Crippen molar-refractivity contribution in [3.05, 3.63) is 66.4 Å². The second-order valence-electron chi connectivity index (χ2n) is 5.03.